The molecule has 0 bridgehead atoms. The van der Waals surface area contributed by atoms with Crippen molar-refractivity contribution in [2.75, 3.05) is 6.79 Å². The summed E-state index contributed by atoms with van der Waals surface area (Å²) < 4.78 is 10.0. The quantitative estimate of drug-likeness (QED) is 0.445. The van der Waals surface area contributed by atoms with E-state index >= 15 is 0 Å². The molecule has 0 spiro atoms. The number of ether oxygens (including phenoxy) is 2. The number of carbonyl (C=O) groups is 2. The maximum Gasteiger partial charge on any atom is 0.312 e. The maximum absolute atomic E-state index is 11.7. The number of hydrogen-bond donors (Lipinski definition) is 0. The van der Waals surface area contributed by atoms with Crippen LogP contribution in [-0.4, -0.2) is 18.7 Å². The van der Waals surface area contributed by atoms with Gasteiger partial charge in [0.15, 0.2) is 0 Å². The fourth-order valence-electron chi connectivity index (χ4n) is 2.40. The standard InChI is InChI=1S/C15H20O4/c16-14(12-7-3-1-4-8-12)18-11-19-15(17)13-9-5-2-6-10-13/h1-3,5,12-13H,4,6-11H2. The van der Waals surface area contributed by atoms with Crippen LogP contribution in [0.1, 0.15) is 38.5 Å². The zero-order valence-corrected chi connectivity index (χ0v) is 11.0. The first-order chi connectivity index (χ1) is 9.27. The summed E-state index contributed by atoms with van der Waals surface area (Å²) >= 11 is 0. The van der Waals surface area contributed by atoms with Gasteiger partial charge in [0.05, 0.1) is 11.8 Å². The number of carbonyl (C=O) groups excluding carboxylic acids is 2. The minimum absolute atomic E-state index is 0.0821. The van der Waals surface area contributed by atoms with Crippen LogP contribution in [0.5, 0.6) is 0 Å². The number of esters is 2. The third-order valence-electron chi connectivity index (χ3n) is 3.61. The second-order valence-electron chi connectivity index (χ2n) is 5.01. The minimum atomic E-state index is -0.263. The highest BCUT2D eigenvalue weighted by Crippen LogP contribution is 2.21. The molecule has 2 rings (SSSR count). The molecule has 0 radical (unpaired) electrons. The lowest BCUT2D eigenvalue weighted by atomic mass is 9.95. The second-order valence-corrected chi connectivity index (χ2v) is 5.01. The molecule has 0 N–H and O–H groups in total. The van der Waals surface area contributed by atoms with Crippen LogP contribution in [0.3, 0.4) is 0 Å². The Morgan fingerprint density at radius 2 is 1.32 bits per heavy atom. The van der Waals surface area contributed by atoms with E-state index in [-0.39, 0.29) is 30.6 Å². The smallest absolute Gasteiger partial charge is 0.312 e. The maximum atomic E-state index is 11.7. The normalized spacial score (nSPS) is 25.9. The molecule has 2 atom stereocenters. The van der Waals surface area contributed by atoms with Crippen molar-refractivity contribution in [1.82, 2.24) is 0 Å². The predicted octanol–water partition coefficient (Wildman–Crippen LogP) is 2.74. The SMILES string of the molecule is O=C(OCOC(=O)C1CC=CCC1)C1CC=CCC1. The molecule has 2 aliphatic carbocycles. The monoisotopic (exact) mass is 264 g/mol. The molecule has 0 amide bonds. The van der Waals surface area contributed by atoms with Crippen molar-refractivity contribution in [1.29, 1.82) is 0 Å². The highest BCUT2D eigenvalue weighted by Gasteiger charge is 2.23. The van der Waals surface area contributed by atoms with Crippen LogP contribution in [0.4, 0.5) is 0 Å². The molecule has 2 aliphatic rings. The Balaban J connectivity index is 1.65. The molecular formula is C15H20O4. The van der Waals surface area contributed by atoms with Crippen molar-refractivity contribution >= 4 is 11.9 Å². The van der Waals surface area contributed by atoms with E-state index < -0.39 is 0 Å². The van der Waals surface area contributed by atoms with Gasteiger partial charge in [-0.15, -0.1) is 0 Å². The lowest BCUT2D eigenvalue weighted by Crippen LogP contribution is -2.24. The van der Waals surface area contributed by atoms with Gasteiger partial charge in [0.1, 0.15) is 0 Å². The molecule has 0 aromatic rings. The first-order valence-electron chi connectivity index (χ1n) is 6.90. The molecule has 2 unspecified atom stereocenters. The topological polar surface area (TPSA) is 52.6 Å². The lowest BCUT2D eigenvalue weighted by Gasteiger charge is -2.18. The van der Waals surface area contributed by atoms with Gasteiger partial charge in [-0.3, -0.25) is 9.59 Å². The molecule has 0 aromatic carbocycles. The molecule has 0 aliphatic heterocycles. The van der Waals surface area contributed by atoms with Gasteiger partial charge >= 0.3 is 11.9 Å². The molecular weight excluding hydrogens is 244 g/mol. The van der Waals surface area contributed by atoms with Crippen LogP contribution in [0.25, 0.3) is 0 Å². The summed E-state index contributed by atoms with van der Waals surface area (Å²) in [5.41, 5.74) is 0. The van der Waals surface area contributed by atoms with Gasteiger partial charge < -0.3 is 9.47 Å². The van der Waals surface area contributed by atoms with Gasteiger partial charge in [0.2, 0.25) is 6.79 Å². The first kappa shape index (κ1) is 13.8. The summed E-state index contributed by atoms with van der Waals surface area (Å²) in [5, 5.41) is 0. The van der Waals surface area contributed by atoms with Crippen molar-refractivity contribution in [2.45, 2.75) is 38.5 Å². The van der Waals surface area contributed by atoms with E-state index in [2.05, 4.69) is 12.2 Å². The van der Waals surface area contributed by atoms with Crippen LogP contribution in [-0.2, 0) is 19.1 Å². The van der Waals surface area contributed by atoms with Gasteiger partial charge in [-0.2, -0.15) is 0 Å². The summed E-state index contributed by atoms with van der Waals surface area (Å²) in [6.07, 6.45) is 13.0. The summed E-state index contributed by atoms with van der Waals surface area (Å²) in [5.74, 6) is -0.691. The zero-order valence-electron chi connectivity index (χ0n) is 11.0. The fourth-order valence-corrected chi connectivity index (χ4v) is 2.40. The van der Waals surface area contributed by atoms with Crippen molar-refractivity contribution in [3.8, 4) is 0 Å². The summed E-state index contributed by atoms with van der Waals surface area (Å²) in [6, 6.07) is 0. The van der Waals surface area contributed by atoms with E-state index in [9.17, 15) is 9.59 Å². The highest BCUT2D eigenvalue weighted by molar-refractivity contribution is 5.74. The average Bonchev–Trinajstić information content (AvgIpc) is 2.49. The summed E-state index contributed by atoms with van der Waals surface area (Å²) in [7, 11) is 0. The van der Waals surface area contributed by atoms with Gasteiger partial charge in [-0.05, 0) is 38.5 Å². The molecule has 0 saturated heterocycles. The van der Waals surface area contributed by atoms with Gasteiger partial charge in [-0.25, -0.2) is 0 Å². The molecule has 0 aromatic heterocycles. The minimum Gasteiger partial charge on any atom is -0.428 e. The Morgan fingerprint density at radius 3 is 1.68 bits per heavy atom. The van der Waals surface area contributed by atoms with Crippen molar-refractivity contribution < 1.29 is 19.1 Å². The van der Waals surface area contributed by atoms with Crippen LogP contribution in [0.15, 0.2) is 24.3 Å². The number of rotatable bonds is 4. The van der Waals surface area contributed by atoms with Gasteiger partial charge in [0.25, 0.3) is 0 Å². The van der Waals surface area contributed by atoms with Crippen LogP contribution >= 0.6 is 0 Å². The van der Waals surface area contributed by atoms with E-state index in [1.165, 1.54) is 0 Å². The molecule has 19 heavy (non-hydrogen) atoms. The van der Waals surface area contributed by atoms with Crippen molar-refractivity contribution in [3.05, 3.63) is 24.3 Å². The predicted molar refractivity (Wildman–Crippen MR) is 70.0 cm³/mol. The molecule has 4 heteroatoms. The van der Waals surface area contributed by atoms with E-state index in [0.29, 0.717) is 0 Å². The molecule has 104 valence electrons. The summed E-state index contributed by atoms with van der Waals surface area (Å²) in [6.45, 7) is -0.252. The third kappa shape index (κ3) is 4.23. The molecule has 4 nitrogen and oxygen atoms in total. The van der Waals surface area contributed by atoms with Crippen LogP contribution < -0.4 is 0 Å². The Morgan fingerprint density at radius 1 is 0.842 bits per heavy atom. The van der Waals surface area contributed by atoms with Crippen LogP contribution in [0, 0.1) is 11.8 Å². The largest absolute Gasteiger partial charge is 0.428 e. The van der Waals surface area contributed by atoms with E-state index in [0.717, 1.165) is 38.5 Å². The Kier molecular flexibility index (Phi) is 5.19. The second kappa shape index (κ2) is 7.12. The lowest BCUT2D eigenvalue weighted by molar-refractivity contribution is -0.173. The summed E-state index contributed by atoms with van der Waals surface area (Å²) in [4.78, 5) is 23.4. The first-order valence-corrected chi connectivity index (χ1v) is 6.90. The van der Waals surface area contributed by atoms with Gasteiger partial charge in [-0.1, -0.05) is 24.3 Å². The average molecular weight is 264 g/mol. The number of allylic oxidation sites excluding steroid dienone is 4. The van der Waals surface area contributed by atoms with Crippen molar-refractivity contribution in [3.63, 3.8) is 0 Å². The molecule has 0 fully saturated rings. The van der Waals surface area contributed by atoms with Crippen molar-refractivity contribution in [2.24, 2.45) is 11.8 Å². The zero-order chi connectivity index (χ0) is 13.5. The van der Waals surface area contributed by atoms with E-state index in [1.54, 1.807) is 0 Å². The fraction of sp³-hybridized carbons (Fsp3) is 0.600. The van der Waals surface area contributed by atoms with E-state index in [4.69, 9.17) is 9.47 Å². The van der Waals surface area contributed by atoms with Crippen LogP contribution in [0.2, 0.25) is 0 Å². The highest BCUT2D eigenvalue weighted by atomic mass is 16.7. The Bertz CT molecular complexity index is 348. The Hall–Kier alpha value is -1.58. The molecule has 0 saturated carbocycles. The molecule has 0 heterocycles. The van der Waals surface area contributed by atoms with Gasteiger partial charge in [0, 0.05) is 0 Å². The third-order valence-corrected chi connectivity index (χ3v) is 3.61. The Labute approximate surface area is 113 Å². The van der Waals surface area contributed by atoms with E-state index in [1.807, 2.05) is 12.2 Å². The number of hydrogen-bond acceptors (Lipinski definition) is 4.